The number of rotatable bonds is 53. The first-order chi connectivity index (χ1) is 31.2. The van der Waals surface area contributed by atoms with Gasteiger partial charge in [-0.15, -0.1) is 0 Å². The first kappa shape index (κ1) is 63.0. The molecule has 0 radical (unpaired) electrons. The smallest absolute Gasteiger partial charge is 0.462 e. The fraction of sp³-hybridized carbons (Fsp3) is 0.962. The van der Waals surface area contributed by atoms with Crippen LogP contribution in [0.25, 0.3) is 0 Å². The number of hydrogen-bond acceptors (Lipinski definition) is 9. The lowest BCUT2D eigenvalue weighted by Crippen LogP contribution is -2.29. The van der Waals surface area contributed by atoms with E-state index in [-0.39, 0.29) is 19.4 Å². The zero-order valence-electron chi connectivity index (χ0n) is 42.0. The van der Waals surface area contributed by atoms with Gasteiger partial charge in [0.1, 0.15) is 12.7 Å². The molecule has 0 aromatic heterocycles. The summed E-state index contributed by atoms with van der Waals surface area (Å²) >= 11 is 0. The van der Waals surface area contributed by atoms with Crippen LogP contribution >= 0.6 is 7.82 Å². The number of carbonyl (C=O) groups is 2. The molecule has 0 saturated heterocycles. The Balaban J connectivity index is 4.07. The number of aliphatic hydroxyl groups is 2. The van der Waals surface area contributed by atoms with E-state index in [0.717, 1.165) is 32.1 Å². The summed E-state index contributed by atoms with van der Waals surface area (Å²) in [7, 11) is -4.62. The average Bonchev–Trinajstić information content (AvgIpc) is 3.28. The van der Waals surface area contributed by atoms with E-state index in [9.17, 15) is 24.2 Å². The summed E-state index contributed by atoms with van der Waals surface area (Å²) in [6.07, 6.45) is 50.8. The number of phosphoric acid groups is 1. The van der Waals surface area contributed by atoms with Crippen LogP contribution in [-0.4, -0.2) is 65.7 Å². The van der Waals surface area contributed by atoms with Crippen LogP contribution in [0.4, 0.5) is 0 Å². The first-order valence-corrected chi connectivity index (χ1v) is 29.0. The minimum absolute atomic E-state index is 0.193. The summed E-state index contributed by atoms with van der Waals surface area (Å²) in [5, 5.41) is 18.4. The van der Waals surface area contributed by atoms with Crippen molar-refractivity contribution in [1.82, 2.24) is 0 Å². The molecule has 0 amide bonds. The van der Waals surface area contributed by atoms with E-state index < -0.39 is 51.8 Å². The minimum Gasteiger partial charge on any atom is -0.462 e. The van der Waals surface area contributed by atoms with Crippen molar-refractivity contribution in [2.45, 2.75) is 302 Å². The molecule has 0 saturated carbocycles. The molecule has 11 heteroatoms. The largest absolute Gasteiger partial charge is 0.472 e. The number of carbonyl (C=O) groups excluding carboxylic acids is 2. The molecule has 1 unspecified atom stereocenters. The predicted molar refractivity (Wildman–Crippen MR) is 266 cm³/mol. The van der Waals surface area contributed by atoms with Crippen LogP contribution in [0, 0.1) is 0 Å². The molecule has 0 aliphatic heterocycles. The summed E-state index contributed by atoms with van der Waals surface area (Å²) in [5.41, 5.74) is 0. The fourth-order valence-electron chi connectivity index (χ4n) is 8.29. The first-order valence-electron chi connectivity index (χ1n) is 27.5. The van der Waals surface area contributed by atoms with E-state index in [1.807, 2.05) is 0 Å². The fourth-order valence-corrected chi connectivity index (χ4v) is 9.08. The second-order valence-corrected chi connectivity index (χ2v) is 20.4. The van der Waals surface area contributed by atoms with E-state index in [0.29, 0.717) is 12.8 Å². The van der Waals surface area contributed by atoms with Gasteiger partial charge in [-0.25, -0.2) is 4.57 Å². The van der Waals surface area contributed by atoms with Gasteiger partial charge in [-0.3, -0.25) is 18.6 Å². The standard InChI is InChI=1S/C53H105O10P/c1-3-5-7-9-11-13-15-17-19-21-23-24-25-26-27-29-31-33-35-37-39-41-43-45-53(57)63-51(49-62-64(58,59)61-47-50(55)46-54)48-60-52(56)44-42-40-38-36-34-32-30-28-22-20-18-16-14-12-10-8-6-4-2/h50-51,54-55H,3-49H2,1-2H3,(H,58,59)/t50-,51+/m0/s1. The van der Waals surface area contributed by atoms with Crippen molar-refractivity contribution in [3.8, 4) is 0 Å². The Morgan fingerprint density at radius 3 is 0.969 bits per heavy atom. The van der Waals surface area contributed by atoms with Crippen molar-refractivity contribution in [2.75, 3.05) is 26.4 Å². The zero-order valence-corrected chi connectivity index (χ0v) is 42.9. The second kappa shape index (κ2) is 49.9. The minimum atomic E-state index is -4.62. The number of esters is 2. The van der Waals surface area contributed by atoms with Gasteiger partial charge in [-0.05, 0) is 12.8 Å². The van der Waals surface area contributed by atoms with E-state index in [1.165, 1.54) is 218 Å². The van der Waals surface area contributed by atoms with Gasteiger partial charge in [-0.1, -0.05) is 264 Å². The topological polar surface area (TPSA) is 149 Å². The summed E-state index contributed by atoms with van der Waals surface area (Å²) in [6.45, 7) is 2.47. The molecule has 0 heterocycles. The summed E-state index contributed by atoms with van der Waals surface area (Å²) < 4.78 is 32.9. The van der Waals surface area contributed by atoms with Gasteiger partial charge in [0.2, 0.25) is 0 Å². The third-order valence-electron chi connectivity index (χ3n) is 12.5. The maximum absolute atomic E-state index is 12.7. The number of ether oxygens (including phenoxy) is 2. The Morgan fingerprint density at radius 1 is 0.406 bits per heavy atom. The highest BCUT2D eigenvalue weighted by atomic mass is 31.2. The molecule has 0 spiro atoms. The quantitative estimate of drug-likeness (QED) is 0.0306. The van der Waals surface area contributed by atoms with Gasteiger partial charge < -0.3 is 24.6 Å². The summed E-state index contributed by atoms with van der Waals surface area (Å²) in [5.74, 6) is -0.900. The van der Waals surface area contributed by atoms with E-state index in [1.54, 1.807) is 0 Å². The van der Waals surface area contributed by atoms with Gasteiger partial charge in [0.05, 0.1) is 19.8 Å². The molecular formula is C53H105O10P. The lowest BCUT2D eigenvalue weighted by molar-refractivity contribution is -0.161. The molecule has 0 fully saturated rings. The third kappa shape index (κ3) is 48.9. The molecule has 64 heavy (non-hydrogen) atoms. The average molecular weight is 933 g/mol. The molecule has 10 nitrogen and oxygen atoms in total. The van der Waals surface area contributed by atoms with E-state index in [4.69, 9.17) is 23.6 Å². The van der Waals surface area contributed by atoms with Crippen molar-refractivity contribution >= 4 is 19.8 Å². The molecule has 0 rings (SSSR count). The van der Waals surface area contributed by atoms with Gasteiger partial charge in [0.15, 0.2) is 6.10 Å². The van der Waals surface area contributed by atoms with Crippen LogP contribution in [0.1, 0.15) is 290 Å². The van der Waals surface area contributed by atoms with Crippen LogP contribution in [0.5, 0.6) is 0 Å². The number of unbranched alkanes of at least 4 members (excludes halogenated alkanes) is 39. The van der Waals surface area contributed by atoms with Crippen LogP contribution in [-0.2, 0) is 32.7 Å². The molecule has 3 atom stereocenters. The summed E-state index contributed by atoms with van der Waals surface area (Å²) in [6, 6.07) is 0. The highest BCUT2D eigenvalue weighted by Gasteiger charge is 2.27. The van der Waals surface area contributed by atoms with Crippen LogP contribution in [0.2, 0.25) is 0 Å². The van der Waals surface area contributed by atoms with Crippen LogP contribution < -0.4 is 0 Å². The van der Waals surface area contributed by atoms with Crippen molar-refractivity contribution in [1.29, 1.82) is 0 Å². The van der Waals surface area contributed by atoms with Crippen LogP contribution in [0.15, 0.2) is 0 Å². The van der Waals surface area contributed by atoms with Gasteiger partial charge >= 0.3 is 19.8 Å². The molecule has 0 aliphatic rings. The molecule has 0 bridgehead atoms. The van der Waals surface area contributed by atoms with Crippen molar-refractivity contribution < 1.29 is 47.8 Å². The lowest BCUT2D eigenvalue weighted by atomic mass is 10.0. The van der Waals surface area contributed by atoms with Gasteiger partial charge in [-0.2, -0.15) is 0 Å². The normalized spacial score (nSPS) is 13.5. The molecule has 0 aromatic rings. The van der Waals surface area contributed by atoms with Gasteiger partial charge in [0.25, 0.3) is 0 Å². The lowest BCUT2D eigenvalue weighted by Gasteiger charge is -2.20. The predicted octanol–water partition coefficient (Wildman–Crippen LogP) is 15.7. The van der Waals surface area contributed by atoms with Crippen LogP contribution in [0.3, 0.4) is 0 Å². The molecule has 382 valence electrons. The van der Waals surface area contributed by atoms with Crippen molar-refractivity contribution in [3.63, 3.8) is 0 Å². The Kier molecular flexibility index (Phi) is 49.1. The Morgan fingerprint density at radius 2 is 0.672 bits per heavy atom. The number of phosphoric ester groups is 1. The van der Waals surface area contributed by atoms with E-state index in [2.05, 4.69) is 13.8 Å². The second-order valence-electron chi connectivity index (χ2n) is 19.0. The number of hydrogen-bond donors (Lipinski definition) is 3. The number of aliphatic hydroxyl groups excluding tert-OH is 2. The van der Waals surface area contributed by atoms with E-state index >= 15 is 0 Å². The maximum atomic E-state index is 12.7. The molecule has 3 N–H and O–H groups in total. The molecular weight excluding hydrogens is 828 g/mol. The van der Waals surface area contributed by atoms with Crippen molar-refractivity contribution in [2.24, 2.45) is 0 Å². The Bertz CT molecular complexity index is 1030. The van der Waals surface area contributed by atoms with Gasteiger partial charge in [0, 0.05) is 12.8 Å². The van der Waals surface area contributed by atoms with Crippen molar-refractivity contribution in [3.05, 3.63) is 0 Å². The SMILES string of the molecule is CCCCCCCCCCCCCCCCCCCCCCCCCC(=O)O[C@H](COC(=O)CCCCCCCCCCCCCCCCCCCC)COP(=O)(O)OC[C@@H](O)CO. The Labute approximate surface area is 394 Å². The monoisotopic (exact) mass is 933 g/mol. The molecule has 0 aromatic carbocycles. The Hall–Kier alpha value is -1.03. The summed E-state index contributed by atoms with van der Waals surface area (Å²) in [4.78, 5) is 35.2. The molecule has 0 aliphatic carbocycles. The maximum Gasteiger partial charge on any atom is 0.472 e. The third-order valence-corrected chi connectivity index (χ3v) is 13.5. The highest BCUT2D eigenvalue weighted by molar-refractivity contribution is 7.47. The zero-order chi connectivity index (χ0) is 46.9. The highest BCUT2D eigenvalue weighted by Crippen LogP contribution is 2.43.